The van der Waals surface area contributed by atoms with E-state index in [1.165, 1.54) is 24.8 Å². The smallest absolute Gasteiger partial charge is 0.193 e. The molecule has 1 aromatic rings. The largest absolute Gasteiger partial charge is 0.493 e. The molecule has 0 aliphatic carbocycles. The fourth-order valence-corrected chi connectivity index (χ4v) is 3.75. The number of aliphatic imine (C=N–C) groups is 1. The second-order valence-corrected chi connectivity index (χ2v) is 7.79. The molecule has 0 bridgehead atoms. The molecule has 0 amide bonds. The van der Waals surface area contributed by atoms with E-state index >= 15 is 0 Å². The minimum atomic E-state index is 0.176. The molecule has 0 radical (unpaired) electrons. The molecule has 1 N–H and O–H groups in total. The highest BCUT2D eigenvalue weighted by Gasteiger charge is 2.19. The third-order valence-corrected chi connectivity index (χ3v) is 5.66. The van der Waals surface area contributed by atoms with Crippen LogP contribution in [0.3, 0.4) is 0 Å². The number of benzene rings is 1. The molecule has 164 valence electrons. The van der Waals surface area contributed by atoms with Gasteiger partial charge in [-0.25, -0.2) is 0 Å². The molecule has 1 saturated heterocycles. The maximum atomic E-state index is 5.48. The first-order valence-electron chi connectivity index (χ1n) is 10.4. The van der Waals surface area contributed by atoms with Crippen LogP contribution in [0.4, 0.5) is 0 Å². The number of nitrogens with zero attached hydrogens (tertiary/aromatic N) is 3. The lowest BCUT2D eigenvalue weighted by atomic mass is 9.96. The molecule has 1 aliphatic rings. The van der Waals surface area contributed by atoms with Gasteiger partial charge in [0.2, 0.25) is 0 Å². The van der Waals surface area contributed by atoms with Crippen LogP contribution in [0.5, 0.6) is 11.5 Å². The molecule has 1 unspecified atom stereocenters. The highest BCUT2D eigenvalue weighted by molar-refractivity contribution is 5.79. The first-order chi connectivity index (χ1) is 14.0. The van der Waals surface area contributed by atoms with Crippen molar-refractivity contribution >= 4 is 5.96 Å². The summed E-state index contributed by atoms with van der Waals surface area (Å²) in [5.74, 6) is 3.16. The van der Waals surface area contributed by atoms with E-state index < -0.39 is 0 Å². The minimum Gasteiger partial charge on any atom is -0.493 e. The highest BCUT2D eigenvalue weighted by atomic mass is 16.5. The summed E-state index contributed by atoms with van der Waals surface area (Å²) in [4.78, 5) is 8.90. The maximum Gasteiger partial charge on any atom is 0.193 e. The molecule has 0 saturated carbocycles. The van der Waals surface area contributed by atoms with Crippen LogP contribution in [0.25, 0.3) is 0 Å². The predicted octanol–water partition coefficient (Wildman–Crippen LogP) is 2.63. The van der Waals surface area contributed by atoms with Crippen molar-refractivity contribution in [3.05, 3.63) is 23.8 Å². The molecule has 1 aliphatic heterocycles. The molecule has 1 heterocycles. The molecular formula is C22H38N4O3. The summed E-state index contributed by atoms with van der Waals surface area (Å²) in [6.07, 6.45) is 3.51. The summed E-state index contributed by atoms with van der Waals surface area (Å²) >= 11 is 0. The zero-order chi connectivity index (χ0) is 21.2. The van der Waals surface area contributed by atoms with Gasteiger partial charge in [0.25, 0.3) is 0 Å². The lowest BCUT2D eigenvalue weighted by Crippen LogP contribution is -2.43. The first kappa shape index (κ1) is 23.3. The Bertz CT molecular complexity index is 645. The summed E-state index contributed by atoms with van der Waals surface area (Å²) < 4.78 is 16.3. The number of guanidine groups is 1. The SMILES string of the molecule is CN=C(NCC(c1ccc(OC)c(OC)c1)N(C)C)N(C)CCC1CCOCC1. The monoisotopic (exact) mass is 406 g/mol. The number of ether oxygens (including phenoxy) is 3. The number of rotatable bonds is 9. The molecule has 1 atom stereocenters. The third-order valence-electron chi connectivity index (χ3n) is 5.66. The summed E-state index contributed by atoms with van der Waals surface area (Å²) in [5, 5.41) is 3.54. The van der Waals surface area contributed by atoms with Crippen LogP contribution in [0, 0.1) is 5.92 Å². The van der Waals surface area contributed by atoms with Crippen molar-refractivity contribution in [1.82, 2.24) is 15.1 Å². The molecule has 1 aromatic carbocycles. The molecule has 1 fully saturated rings. The lowest BCUT2D eigenvalue weighted by molar-refractivity contribution is 0.0625. The Balaban J connectivity index is 1.97. The van der Waals surface area contributed by atoms with Crippen molar-refractivity contribution in [1.29, 1.82) is 0 Å². The highest BCUT2D eigenvalue weighted by Crippen LogP contribution is 2.31. The maximum absolute atomic E-state index is 5.48. The van der Waals surface area contributed by atoms with E-state index in [0.29, 0.717) is 0 Å². The van der Waals surface area contributed by atoms with Crippen molar-refractivity contribution in [2.24, 2.45) is 10.9 Å². The molecule has 0 aromatic heterocycles. The van der Waals surface area contributed by atoms with Crippen molar-refractivity contribution in [2.45, 2.75) is 25.3 Å². The van der Waals surface area contributed by atoms with Crippen molar-refractivity contribution in [3.63, 3.8) is 0 Å². The van der Waals surface area contributed by atoms with Gasteiger partial charge in [0.1, 0.15) is 0 Å². The number of likely N-dealkylation sites (N-methyl/N-ethyl adjacent to an activating group) is 1. The second-order valence-electron chi connectivity index (χ2n) is 7.79. The fraction of sp³-hybridized carbons (Fsp3) is 0.682. The molecular weight excluding hydrogens is 368 g/mol. The van der Waals surface area contributed by atoms with E-state index in [4.69, 9.17) is 14.2 Å². The average Bonchev–Trinajstić information content (AvgIpc) is 2.75. The topological polar surface area (TPSA) is 58.6 Å². The number of methoxy groups -OCH3 is 2. The molecule has 2 rings (SSSR count). The normalized spacial score (nSPS) is 16.6. The van der Waals surface area contributed by atoms with Gasteiger partial charge in [0.05, 0.1) is 20.3 Å². The van der Waals surface area contributed by atoms with Crippen LogP contribution in [0.15, 0.2) is 23.2 Å². The quantitative estimate of drug-likeness (QED) is 0.503. The van der Waals surface area contributed by atoms with Crippen LogP contribution < -0.4 is 14.8 Å². The van der Waals surface area contributed by atoms with Crippen molar-refractivity contribution in [2.75, 3.05) is 68.7 Å². The Morgan fingerprint density at radius 1 is 1.17 bits per heavy atom. The number of hydrogen-bond acceptors (Lipinski definition) is 5. The van der Waals surface area contributed by atoms with Gasteiger partial charge in [-0.05, 0) is 57.0 Å². The zero-order valence-corrected chi connectivity index (χ0v) is 18.9. The van der Waals surface area contributed by atoms with E-state index in [0.717, 1.165) is 49.7 Å². The molecule has 29 heavy (non-hydrogen) atoms. The van der Waals surface area contributed by atoms with Crippen LogP contribution >= 0.6 is 0 Å². The van der Waals surface area contributed by atoms with Gasteiger partial charge in [-0.1, -0.05) is 6.07 Å². The van der Waals surface area contributed by atoms with Crippen LogP contribution in [-0.2, 0) is 4.74 Å². The van der Waals surface area contributed by atoms with Crippen molar-refractivity contribution in [3.8, 4) is 11.5 Å². The predicted molar refractivity (Wildman–Crippen MR) is 118 cm³/mol. The van der Waals surface area contributed by atoms with Crippen LogP contribution in [0.2, 0.25) is 0 Å². The van der Waals surface area contributed by atoms with Gasteiger partial charge < -0.3 is 29.3 Å². The minimum absolute atomic E-state index is 0.176. The summed E-state index contributed by atoms with van der Waals surface area (Å²) in [6, 6.07) is 6.27. The van der Waals surface area contributed by atoms with E-state index in [1.54, 1.807) is 14.2 Å². The summed E-state index contributed by atoms with van der Waals surface area (Å²) in [6.45, 7) is 3.54. The molecule has 7 nitrogen and oxygen atoms in total. The number of hydrogen-bond donors (Lipinski definition) is 1. The average molecular weight is 407 g/mol. The lowest BCUT2D eigenvalue weighted by Gasteiger charge is -2.30. The van der Waals surface area contributed by atoms with E-state index in [9.17, 15) is 0 Å². The third kappa shape index (κ3) is 6.78. The van der Waals surface area contributed by atoms with Gasteiger partial charge in [0.15, 0.2) is 17.5 Å². The zero-order valence-electron chi connectivity index (χ0n) is 18.9. The van der Waals surface area contributed by atoms with Gasteiger partial charge in [0, 0.05) is 40.4 Å². The van der Waals surface area contributed by atoms with Gasteiger partial charge >= 0.3 is 0 Å². The fourth-order valence-electron chi connectivity index (χ4n) is 3.75. The van der Waals surface area contributed by atoms with Gasteiger partial charge in [-0.3, -0.25) is 4.99 Å². The van der Waals surface area contributed by atoms with E-state index in [2.05, 4.69) is 47.3 Å². The summed E-state index contributed by atoms with van der Waals surface area (Å²) in [7, 11) is 11.4. The number of nitrogens with one attached hydrogen (secondary N) is 1. The van der Waals surface area contributed by atoms with E-state index in [1.807, 2.05) is 19.2 Å². The molecule has 0 spiro atoms. The Kier molecular flexibility index (Phi) is 9.54. The first-order valence-corrected chi connectivity index (χ1v) is 10.4. The van der Waals surface area contributed by atoms with Gasteiger partial charge in [-0.2, -0.15) is 0 Å². The standard InChI is InChI=1S/C22H38N4O3/c1-23-22(26(4)12-9-17-10-13-29-14-11-17)24-16-19(25(2)3)18-7-8-20(27-5)21(15-18)28-6/h7-8,15,17,19H,9-14,16H2,1-6H3,(H,23,24). The Morgan fingerprint density at radius 2 is 1.86 bits per heavy atom. The van der Waals surface area contributed by atoms with Crippen molar-refractivity contribution < 1.29 is 14.2 Å². The Hall–Kier alpha value is -1.99. The Morgan fingerprint density at radius 3 is 2.45 bits per heavy atom. The van der Waals surface area contributed by atoms with Crippen LogP contribution in [0.1, 0.15) is 30.9 Å². The van der Waals surface area contributed by atoms with E-state index in [-0.39, 0.29) is 6.04 Å². The second kappa shape index (κ2) is 11.9. The Labute approximate surface area is 176 Å². The summed E-state index contributed by atoms with van der Waals surface area (Å²) in [5.41, 5.74) is 1.17. The van der Waals surface area contributed by atoms with Crippen LogP contribution in [-0.4, -0.2) is 84.5 Å². The molecule has 7 heteroatoms. The van der Waals surface area contributed by atoms with Gasteiger partial charge in [-0.15, -0.1) is 0 Å².